The number of hydrogen-bond acceptors (Lipinski definition) is 1. The van der Waals surface area contributed by atoms with Crippen LogP contribution in [0.5, 0.6) is 0 Å². The molecule has 1 aliphatic heterocycles. The standard InChI is InChI=1S/C19H14Cl2F3N/c20-11-5-6-14(16(21)9-11)18-13-3-1-2-12(13)15-8-10(19(22,23)24)4-7-17(15)25-18/h1-2,4-9,12-13,18,25H,3H2/t12-,13-,18-/m1/s1. The highest BCUT2D eigenvalue weighted by Gasteiger charge is 2.40. The lowest BCUT2D eigenvalue weighted by molar-refractivity contribution is -0.137. The molecule has 0 amide bonds. The maximum atomic E-state index is 13.1. The molecule has 1 heterocycles. The number of nitrogens with one attached hydrogen (secondary N) is 1. The van der Waals surface area contributed by atoms with E-state index in [1.165, 1.54) is 12.1 Å². The number of anilines is 1. The first-order valence-electron chi connectivity index (χ1n) is 7.94. The third-order valence-electron chi connectivity index (χ3n) is 4.99. The summed E-state index contributed by atoms with van der Waals surface area (Å²) in [4.78, 5) is 0. The second-order valence-corrected chi connectivity index (χ2v) is 7.28. The van der Waals surface area contributed by atoms with Crippen molar-refractivity contribution in [2.24, 2.45) is 5.92 Å². The Morgan fingerprint density at radius 1 is 1.00 bits per heavy atom. The van der Waals surface area contributed by atoms with E-state index < -0.39 is 11.7 Å². The van der Waals surface area contributed by atoms with Crippen molar-refractivity contribution in [3.8, 4) is 0 Å². The summed E-state index contributed by atoms with van der Waals surface area (Å²) in [6.07, 6.45) is 0.477. The fourth-order valence-corrected chi connectivity index (χ4v) is 4.36. The van der Waals surface area contributed by atoms with Crippen LogP contribution in [0.1, 0.15) is 35.1 Å². The molecule has 0 saturated heterocycles. The molecule has 0 bridgehead atoms. The van der Waals surface area contributed by atoms with E-state index in [2.05, 4.69) is 5.32 Å². The zero-order valence-electron chi connectivity index (χ0n) is 12.9. The fourth-order valence-electron chi connectivity index (χ4n) is 3.83. The molecule has 0 aromatic heterocycles. The lowest BCUT2D eigenvalue weighted by atomic mass is 9.76. The molecule has 2 aromatic rings. The number of benzene rings is 2. The molecule has 1 nitrogen and oxygen atoms in total. The summed E-state index contributed by atoms with van der Waals surface area (Å²) >= 11 is 12.4. The van der Waals surface area contributed by atoms with E-state index in [1.807, 2.05) is 18.2 Å². The highest BCUT2D eigenvalue weighted by molar-refractivity contribution is 6.35. The Bertz CT molecular complexity index is 860. The number of rotatable bonds is 1. The SMILES string of the molecule is FC(F)(F)c1ccc2c(c1)[C@@H]1C=CC[C@H]1[C@H](c1ccc(Cl)cc1Cl)N2. The van der Waals surface area contributed by atoms with Crippen LogP contribution in [0.3, 0.4) is 0 Å². The third-order valence-corrected chi connectivity index (χ3v) is 5.55. The summed E-state index contributed by atoms with van der Waals surface area (Å²) in [5, 5.41) is 4.51. The van der Waals surface area contributed by atoms with Crippen molar-refractivity contribution >= 4 is 28.9 Å². The van der Waals surface area contributed by atoms with Crippen molar-refractivity contribution in [1.29, 1.82) is 0 Å². The van der Waals surface area contributed by atoms with Gasteiger partial charge in [-0.25, -0.2) is 0 Å². The van der Waals surface area contributed by atoms with Crippen LogP contribution in [0.15, 0.2) is 48.6 Å². The first-order chi connectivity index (χ1) is 11.8. The molecule has 25 heavy (non-hydrogen) atoms. The summed E-state index contributed by atoms with van der Waals surface area (Å²) in [5.74, 6) is 0.0601. The van der Waals surface area contributed by atoms with Crippen molar-refractivity contribution in [3.63, 3.8) is 0 Å². The lowest BCUT2D eigenvalue weighted by Crippen LogP contribution is -2.29. The summed E-state index contributed by atoms with van der Waals surface area (Å²) in [6.45, 7) is 0. The van der Waals surface area contributed by atoms with Crippen LogP contribution in [0.2, 0.25) is 10.0 Å². The minimum atomic E-state index is -4.34. The monoisotopic (exact) mass is 383 g/mol. The molecule has 2 aliphatic rings. The van der Waals surface area contributed by atoms with Gasteiger partial charge in [0.1, 0.15) is 0 Å². The highest BCUT2D eigenvalue weighted by Crippen LogP contribution is 2.51. The van der Waals surface area contributed by atoms with Crippen LogP contribution in [-0.4, -0.2) is 0 Å². The lowest BCUT2D eigenvalue weighted by Gasteiger charge is -2.38. The van der Waals surface area contributed by atoms with Gasteiger partial charge < -0.3 is 5.32 Å². The van der Waals surface area contributed by atoms with Crippen molar-refractivity contribution in [3.05, 3.63) is 75.3 Å². The number of fused-ring (bicyclic) bond motifs is 3. The maximum absolute atomic E-state index is 13.1. The van der Waals surface area contributed by atoms with Crippen molar-refractivity contribution in [2.45, 2.75) is 24.6 Å². The van der Waals surface area contributed by atoms with E-state index in [0.717, 1.165) is 23.7 Å². The van der Waals surface area contributed by atoms with Gasteiger partial charge in [0, 0.05) is 21.7 Å². The van der Waals surface area contributed by atoms with E-state index in [0.29, 0.717) is 15.6 Å². The zero-order valence-corrected chi connectivity index (χ0v) is 14.5. The van der Waals surface area contributed by atoms with Crippen LogP contribution < -0.4 is 5.32 Å². The second kappa shape index (κ2) is 5.96. The van der Waals surface area contributed by atoms with E-state index >= 15 is 0 Å². The summed E-state index contributed by atoms with van der Waals surface area (Å²) in [7, 11) is 0. The van der Waals surface area contributed by atoms with Crippen LogP contribution >= 0.6 is 23.2 Å². The van der Waals surface area contributed by atoms with Crippen LogP contribution in [-0.2, 0) is 6.18 Å². The normalized spacial score (nSPS) is 24.6. The number of hydrogen-bond donors (Lipinski definition) is 1. The minimum absolute atomic E-state index is 0.0599. The average molecular weight is 384 g/mol. The molecule has 1 N–H and O–H groups in total. The Morgan fingerprint density at radius 3 is 2.52 bits per heavy atom. The van der Waals surface area contributed by atoms with Gasteiger partial charge in [0.2, 0.25) is 0 Å². The van der Waals surface area contributed by atoms with Gasteiger partial charge in [-0.1, -0.05) is 41.4 Å². The Balaban J connectivity index is 1.78. The quantitative estimate of drug-likeness (QED) is 0.531. The highest BCUT2D eigenvalue weighted by atomic mass is 35.5. The molecule has 3 atom stereocenters. The first-order valence-corrected chi connectivity index (χ1v) is 8.69. The van der Waals surface area contributed by atoms with Gasteiger partial charge in [-0.05, 0) is 53.8 Å². The van der Waals surface area contributed by atoms with Crippen LogP contribution in [0.4, 0.5) is 18.9 Å². The summed E-state index contributed by atoms with van der Waals surface area (Å²) in [5.41, 5.74) is 1.71. The first kappa shape index (κ1) is 16.8. The molecule has 1 aliphatic carbocycles. The molecule has 0 saturated carbocycles. The van der Waals surface area contributed by atoms with E-state index in [4.69, 9.17) is 23.2 Å². The van der Waals surface area contributed by atoms with Crippen LogP contribution in [0, 0.1) is 5.92 Å². The fraction of sp³-hybridized carbons (Fsp3) is 0.263. The predicted octanol–water partition coefficient (Wildman–Crippen LogP) is 6.84. The van der Waals surface area contributed by atoms with Gasteiger partial charge >= 0.3 is 6.18 Å². The van der Waals surface area contributed by atoms with Gasteiger partial charge in [0.25, 0.3) is 0 Å². The Morgan fingerprint density at radius 2 is 1.80 bits per heavy atom. The third kappa shape index (κ3) is 2.91. The van der Waals surface area contributed by atoms with E-state index in [9.17, 15) is 13.2 Å². The van der Waals surface area contributed by atoms with Gasteiger partial charge in [0.05, 0.1) is 11.6 Å². The van der Waals surface area contributed by atoms with E-state index in [1.54, 1.807) is 12.1 Å². The van der Waals surface area contributed by atoms with Gasteiger partial charge in [-0.3, -0.25) is 0 Å². The second-order valence-electron chi connectivity index (χ2n) is 6.44. The Kier molecular flexibility index (Phi) is 4.00. The van der Waals surface area contributed by atoms with Crippen LogP contribution in [0.25, 0.3) is 0 Å². The topological polar surface area (TPSA) is 12.0 Å². The Hall–Kier alpha value is -1.65. The van der Waals surface area contributed by atoms with Crippen molar-refractivity contribution in [2.75, 3.05) is 5.32 Å². The molecular weight excluding hydrogens is 370 g/mol. The van der Waals surface area contributed by atoms with Crippen molar-refractivity contribution < 1.29 is 13.2 Å². The molecule has 0 spiro atoms. The largest absolute Gasteiger partial charge is 0.416 e. The van der Waals surface area contributed by atoms with Gasteiger partial charge in [0.15, 0.2) is 0 Å². The van der Waals surface area contributed by atoms with Crippen molar-refractivity contribution in [1.82, 2.24) is 0 Å². The average Bonchev–Trinajstić information content (AvgIpc) is 3.03. The number of alkyl halides is 3. The summed E-state index contributed by atoms with van der Waals surface area (Å²) < 4.78 is 39.2. The Labute approximate surface area is 153 Å². The predicted molar refractivity (Wildman–Crippen MR) is 94.3 cm³/mol. The molecule has 0 fully saturated rings. The number of allylic oxidation sites excluding steroid dienone is 2. The van der Waals surface area contributed by atoms with Gasteiger partial charge in [-0.2, -0.15) is 13.2 Å². The molecule has 6 heteroatoms. The summed E-state index contributed by atoms with van der Waals surface area (Å²) in [6, 6.07) is 9.17. The number of halogens is 5. The molecule has 0 unspecified atom stereocenters. The molecular formula is C19H14Cl2F3N. The minimum Gasteiger partial charge on any atom is -0.378 e. The zero-order chi connectivity index (χ0) is 17.8. The molecule has 4 rings (SSSR count). The molecule has 130 valence electrons. The molecule has 2 aromatic carbocycles. The maximum Gasteiger partial charge on any atom is 0.416 e. The van der Waals surface area contributed by atoms with Gasteiger partial charge in [-0.15, -0.1) is 0 Å². The van der Waals surface area contributed by atoms with E-state index in [-0.39, 0.29) is 17.9 Å². The molecule has 0 radical (unpaired) electrons. The smallest absolute Gasteiger partial charge is 0.378 e.